The van der Waals surface area contributed by atoms with E-state index in [0.717, 1.165) is 102 Å². The van der Waals surface area contributed by atoms with Crippen molar-refractivity contribution in [3.63, 3.8) is 0 Å². The van der Waals surface area contributed by atoms with Crippen LogP contribution in [0.3, 0.4) is 0 Å². The summed E-state index contributed by atoms with van der Waals surface area (Å²) in [6.45, 7) is 15.9. The molecule has 2 N–H and O–H groups in total. The van der Waals surface area contributed by atoms with Gasteiger partial charge in [-0.2, -0.15) is 0 Å². The Labute approximate surface area is 404 Å². The maximum atomic E-state index is 10.8. The summed E-state index contributed by atoms with van der Waals surface area (Å²) >= 11 is 0. The van der Waals surface area contributed by atoms with Gasteiger partial charge in [-0.3, -0.25) is 9.80 Å². The molecule has 4 atom stereocenters. The molecular formula is C57H84N4O6. The van der Waals surface area contributed by atoms with Crippen LogP contribution in [0.4, 0.5) is 0 Å². The largest absolute Gasteiger partial charge is 0.489 e. The third kappa shape index (κ3) is 13.9. The minimum Gasteiger partial charge on any atom is -0.489 e. The van der Waals surface area contributed by atoms with Crippen LogP contribution in [0.5, 0.6) is 11.5 Å². The molecule has 0 radical (unpaired) electrons. The van der Waals surface area contributed by atoms with Gasteiger partial charge in [0, 0.05) is 62.5 Å². The second-order valence-corrected chi connectivity index (χ2v) is 20.9. The first-order valence-corrected chi connectivity index (χ1v) is 24.6. The fourth-order valence-electron chi connectivity index (χ4n) is 10.7. The van der Waals surface area contributed by atoms with Gasteiger partial charge in [-0.15, -0.1) is 0 Å². The van der Waals surface area contributed by atoms with Crippen molar-refractivity contribution in [2.75, 3.05) is 67.6 Å². The quantitative estimate of drug-likeness (QED) is 0.128. The van der Waals surface area contributed by atoms with Crippen LogP contribution in [0.2, 0.25) is 0 Å². The van der Waals surface area contributed by atoms with E-state index in [-0.39, 0.29) is 30.7 Å². The predicted octanol–water partition coefficient (Wildman–Crippen LogP) is 9.30. The van der Waals surface area contributed by atoms with E-state index < -0.39 is 11.2 Å². The molecule has 67 heavy (non-hydrogen) atoms. The zero-order valence-electron chi connectivity index (χ0n) is 41.4. The molecule has 4 aliphatic heterocycles. The van der Waals surface area contributed by atoms with Gasteiger partial charge < -0.3 is 39.0 Å². The normalized spacial score (nSPS) is 25.1. The van der Waals surface area contributed by atoms with Crippen LogP contribution < -0.4 is 9.47 Å². The van der Waals surface area contributed by atoms with E-state index in [1.165, 1.54) is 33.4 Å². The maximum absolute atomic E-state index is 10.8. The summed E-state index contributed by atoms with van der Waals surface area (Å²) in [4.78, 5) is 9.36. The number of nitrogens with zero attached hydrogens (tertiary/aromatic N) is 4. The van der Waals surface area contributed by atoms with Gasteiger partial charge >= 0.3 is 0 Å². The standard InChI is InChI=1S/C29H42N2O3.C27H38N2O3.CH4/c1-5-9-23-12-13-26(33-21-24-10-7-6-8-11-24)25(18-23)20-31-16-14-29(15-17-31)19-27(30(3)4)28(2,32)22-34-29;1-21-10-11-24(31-19-22-8-6-5-7-9-22)23(16-21)18-29-14-12-27(13-15-29)17-25(28(3)4)26(2,30)20-32-27;/h6-8,10-13,18,27,32H,5,9,14-17,19-22H2,1-4H3;5-11,16,25,30H,12-15,17-20H2,1-4H3;1H4/t27-,28-;25-,26-;/m00./s1. The Hall–Kier alpha value is -3.84. The van der Waals surface area contributed by atoms with E-state index in [0.29, 0.717) is 26.4 Å². The Morgan fingerprint density at radius 2 is 1.01 bits per heavy atom. The van der Waals surface area contributed by atoms with Crippen molar-refractivity contribution < 1.29 is 29.2 Å². The van der Waals surface area contributed by atoms with Gasteiger partial charge in [-0.25, -0.2) is 0 Å². The van der Waals surface area contributed by atoms with Crippen LogP contribution in [0, 0.1) is 6.92 Å². The third-order valence-corrected chi connectivity index (χ3v) is 14.8. The Bertz CT molecular complexity index is 2110. The van der Waals surface area contributed by atoms with Crippen LogP contribution in [0.25, 0.3) is 0 Å². The number of ether oxygens (including phenoxy) is 4. The highest BCUT2D eigenvalue weighted by molar-refractivity contribution is 5.39. The zero-order chi connectivity index (χ0) is 47.0. The average Bonchev–Trinajstić information content (AvgIpc) is 3.30. The third-order valence-electron chi connectivity index (χ3n) is 14.8. The lowest BCUT2D eigenvalue weighted by molar-refractivity contribution is -0.207. The molecule has 4 saturated heterocycles. The number of likely N-dealkylation sites (N-methyl/N-ethyl adjacent to an activating group) is 2. The molecule has 0 amide bonds. The number of hydrogen-bond donors (Lipinski definition) is 2. The highest BCUT2D eigenvalue weighted by atomic mass is 16.5. The Morgan fingerprint density at radius 3 is 1.43 bits per heavy atom. The van der Waals surface area contributed by atoms with Crippen molar-refractivity contribution in [1.82, 2.24) is 19.6 Å². The summed E-state index contributed by atoms with van der Waals surface area (Å²) in [7, 11) is 8.24. The molecule has 10 heteroatoms. The van der Waals surface area contributed by atoms with Gasteiger partial charge in [-0.05, 0) is 123 Å². The SMILES string of the molecule is C.CCCc1ccc(OCc2ccccc2)c(CN2CCC3(CC2)C[C@H](N(C)C)[C@@](C)(O)CO3)c1.Cc1ccc(OCc2ccccc2)c(CN2CCC3(CC2)C[C@H](N(C)C)[C@@](C)(O)CO3)c1. The smallest absolute Gasteiger partial charge is 0.124 e. The molecule has 4 heterocycles. The van der Waals surface area contributed by atoms with Gasteiger partial charge in [0.05, 0.1) is 24.4 Å². The van der Waals surface area contributed by atoms with Crippen molar-refractivity contribution >= 4 is 0 Å². The van der Waals surface area contributed by atoms with Crippen LogP contribution in [0.1, 0.15) is 107 Å². The molecular weight excluding hydrogens is 837 g/mol. The molecule has 4 aliphatic rings. The van der Waals surface area contributed by atoms with Gasteiger partial charge in [0.1, 0.15) is 35.9 Å². The lowest BCUT2D eigenvalue weighted by Crippen LogP contribution is -2.62. The van der Waals surface area contributed by atoms with Crippen molar-refractivity contribution in [2.45, 2.75) is 147 Å². The number of likely N-dealkylation sites (tertiary alicyclic amines) is 2. The Morgan fingerprint density at radius 1 is 0.597 bits per heavy atom. The molecule has 0 bridgehead atoms. The van der Waals surface area contributed by atoms with Crippen LogP contribution in [-0.2, 0) is 42.2 Å². The van der Waals surface area contributed by atoms with E-state index >= 15 is 0 Å². The first-order valence-electron chi connectivity index (χ1n) is 24.6. The minimum atomic E-state index is -0.795. The van der Waals surface area contributed by atoms with Gasteiger partial charge in [-0.1, -0.05) is 111 Å². The van der Waals surface area contributed by atoms with E-state index in [1.807, 2.05) is 38.1 Å². The topological polar surface area (TPSA) is 90.3 Å². The number of aliphatic hydroxyl groups is 2. The first kappa shape index (κ1) is 52.5. The average molecular weight is 921 g/mol. The Kier molecular flexibility index (Phi) is 18.2. The highest BCUT2D eigenvalue weighted by Gasteiger charge is 2.50. The molecule has 4 aromatic carbocycles. The summed E-state index contributed by atoms with van der Waals surface area (Å²) < 4.78 is 25.1. The Balaban J connectivity index is 0.000000218. The van der Waals surface area contributed by atoms with Crippen molar-refractivity contribution in [2.24, 2.45) is 0 Å². The molecule has 10 nitrogen and oxygen atoms in total. The molecule has 8 rings (SSSR count). The number of piperidine rings is 2. The number of benzene rings is 4. The summed E-state index contributed by atoms with van der Waals surface area (Å²) in [5, 5.41) is 21.6. The maximum Gasteiger partial charge on any atom is 0.124 e. The first-order chi connectivity index (χ1) is 31.6. The summed E-state index contributed by atoms with van der Waals surface area (Å²) in [5.41, 5.74) is 5.70. The molecule has 368 valence electrons. The molecule has 0 unspecified atom stereocenters. The zero-order valence-corrected chi connectivity index (χ0v) is 41.4. The second-order valence-electron chi connectivity index (χ2n) is 20.9. The van der Waals surface area contributed by atoms with E-state index in [2.05, 4.69) is 134 Å². The monoisotopic (exact) mass is 921 g/mol. The lowest BCUT2D eigenvalue weighted by Gasteiger charge is -2.52. The molecule has 0 aliphatic carbocycles. The van der Waals surface area contributed by atoms with Crippen molar-refractivity contribution in [3.05, 3.63) is 130 Å². The van der Waals surface area contributed by atoms with Gasteiger partial charge in [0.15, 0.2) is 0 Å². The van der Waals surface area contributed by atoms with Crippen LogP contribution in [0.15, 0.2) is 97.1 Å². The van der Waals surface area contributed by atoms with Crippen LogP contribution in [-0.4, -0.2) is 132 Å². The van der Waals surface area contributed by atoms with E-state index in [4.69, 9.17) is 18.9 Å². The number of hydrogen-bond acceptors (Lipinski definition) is 10. The van der Waals surface area contributed by atoms with Crippen molar-refractivity contribution in [3.8, 4) is 11.5 Å². The van der Waals surface area contributed by atoms with Gasteiger partial charge in [0.25, 0.3) is 0 Å². The number of rotatable bonds is 14. The number of aryl methyl sites for hydroxylation is 2. The molecule has 0 saturated carbocycles. The van der Waals surface area contributed by atoms with Crippen LogP contribution >= 0.6 is 0 Å². The fourth-order valence-corrected chi connectivity index (χ4v) is 10.7. The van der Waals surface area contributed by atoms with E-state index in [9.17, 15) is 10.2 Å². The second kappa shape index (κ2) is 23.2. The summed E-state index contributed by atoms with van der Waals surface area (Å²) in [5.74, 6) is 1.96. The molecule has 4 aromatic rings. The van der Waals surface area contributed by atoms with Crippen molar-refractivity contribution in [1.29, 1.82) is 0 Å². The molecule has 0 aromatic heterocycles. The fraction of sp³-hybridized carbons (Fsp3) is 0.579. The molecule has 4 fully saturated rings. The minimum absolute atomic E-state index is 0. The highest BCUT2D eigenvalue weighted by Crippen LogP contribution is 2.42. The summed E-state index contributed by atoms with van der Waals surface area (Å²) in [6.07, 6.45) is 8.01. The lowest BCUT2D eigenvalue weighted by atomic mass is 9.77. The predicted molar refractivity (Wildman–Crippen MR) is 272 cm³/mol. The van der Waals surface area contributed by atoms with Gasteiger partial charge in [0.2, 0.25) is 0 Å². The van der Waals surface area contributed by atoms with E-state index in [1.54, 1.807) is 0 Å². The summed E-state index contributed by atoms with van der Waals surface area (Å²) in [6, 6.07) is 34.1. The molecule has 2 spiro atoms.